The molecule has 1 amide bonds. The van der Waals surface area contributed by atoms with Gasteiger partial charge in [0.2, 0.25) is 15.9 Å². The zero-order chi connectivity index (χ0) is 28.7. The third kappa shape index (κ3) is 6.63. The quantitative estimate of drug-likeness (QED) is 0.201. The molecule has 1 heterocycles. The molecule has 0 bridgehead atoms. The number of nitrogens with one attached hydrogen (secondary N) is 1. The number of nitrogens with zero attached hydrogens (tertiary/aromatic N) is 4. The lowest BCUT2D eigenvalue weighted by molar-refractivity contribution is -0.113. The van der Waals surface area contributed by atoms with E-state index in [4.69, 9.17) is 0 Å². The van der Waals surface area contributed by atoms with Crippen molar-refractivity contribution < 1.29 is 13.2 Å². The largest absolute Gasteiger partial charge is 0.325 e. The van der Waals surface area contributed by atoms with Crippen LogP contribution in [0, 0.1) is 0 Å². The highest BCUT2D eigenvalue weighted by Gasteiger charge is 2.24. The minimum absolute atomic E-state index is 0.133. The topological polar surface area (TPSA) is 97.2 Å². The van der Waals surface area contributed by atoms with Crippen LogP contribution in [0.2, 0.25) is 0 Å². The summed E-state index contributed by atoms with van der Waals surface area (Å²) < 4.78 is 29.6. The number of para-hydroxylation sites is 1. The van der Waals surface area contributed by atoms with E-state index in [2.05, 4.69) is 29.4 Å². The monoisotopic (exact) mass is 577 g/mol. The maximum absolute atomic E-state index is 13.2. The molecule has 0 unspecified atom stereocenters. The van der Waals surface area contributed by atoms with Crippen molar-refractivity contribution >= 4 is 33.4 Å². The second kappa shape index (κ2) is 13.3. The maximum atomic E-state index is 13.2. The van der Waals surface area contributed by atoms with Crippen molar-refractivity contribution in [3.8, 4) is 17.1 Å². The summed E-state index contributed by atoms with van der Waals surface area (Å²) in [7, 11) is -3.65. The molecule has 1 aromatic heterocycles. The highest BCUT2D eigenvalue weighted by atomic mass is 32.2. The predicted octanol–water partition coefficient (Wildman–Crippen LogP) is 6.21. The number of carbonyl (C=O) groups is 1. The van der Waals surface area contributed by atoms with E-state index < -0.39 is 10.0 Å². The molecule has 0 aliphatic carbocycles. The number of aromatic nitrogens is 3. The highest BCUT2D eigenvalue weighted by Crippen LogP contribution is 2.30. The molecule has 40 heavy (non-hydrogen) atoms. The fourth-order valence-corrected chi connectivity index (χ4v) is 6.58. The van der Waals surface area contributed by atoms with E-state index in [1.54, 1.807) is 18.2 Å². The van der Waals surface area contributed by atoms with Crippen molar-refractivity contribution in [1.29, 1.82) is 0 Å². The zero-order valence-corrected chi connectivity index (χ0v) is 24.9. The van der Waals surface area contributed by atoms with Crippen molar-refractivity contribution in [2.45, 2.75) is 50.1 Å². The van der Waals surface area contributed by atoms with Crippen LogP contribution in [0.3, 0.4) is 0 Å². The molecule has 0 spiro atoms. The second-order valence-corrected chi connectivity index (χ2v) is 12.2. The Morgan fingerprint density at radius 2 is 1.65 bits per heavy atom. The molecule has 0 fully saturated rings. The van der Waals surface area contributed by atoms with Crippen molar-refractivity contribution in [3.05, 3.63) is 84.4 Å². The zero-order valence-electron chi connectivity index (χ0n) is 23.2. The highest BCUT2D eigenvalue weighted by molar-refractivity contribution is 7.99. The minimum atomic E-state index is -3.65. The van der Waals surface area contributed by atoms with Crippen LogP contribution in [0.5, 0.6) is 0 Å². The van der Waals surface area contributed by atoms with Crippen LogP contribution in [-0.4, -0.2) is 52.2 Å². The Hall–Kier alpha value is -3.47. The first-order valence-corrected chi connectivity index (χ1v) is 15.8. The molecular formula is C30H35N5O3S2. The van der Waals surface area contributed by atoms with Crippen LogP contribution in [0.4, 0.5) is 5.69 Å². The number of sulfonamides is 1. The Bertz CT molecular complexity index is 1530. The van der Waals surface area contributed by atoms with Gasteiger partial charge in [-0.15, -0.1) is 10.2 Å². The summed E-state index contributed by atoms with van der Waals surface area (Å²) in [6.07, 6.45) is 1.06. The third-order valence-corrected chi connectivity index (χ3v) is 9.77. The Morgan fingerprint density at radius 3 is 2.30 bits per heavy atom. The average molecular weight is 578 g/mol. The van der Waals surface area contributed by atoms with Crippen LogP contribution < -0.4 is 5.32 Å². The molecule has 4 aromatic rings. The lowest BCUT2D eigenvalue weighted by Gasteiger charge is -2.19. The summed E-state index contributed by atoms with van der Waals surface area (Å²) >= 11 is 1.27. The summed E-state index contributed by atoms with van der Waals surface area (Å²) in [4.78, 5) is 13.0. The normalized spacial score (nSPS) is 12.4. The molecule has 0 radical (unpaired) electrons. The summed E-state index contributed by atoms with van der Waals surface area (Å²) in [6, 6.07) is 24.3. The van der Waals surface area contributed by atoms with Gasteiger partial charge in [-0.25, -0.2) is 8.42 Å². The maximum Gasteiger partial charge on any atom is 0.243 e. The number of hydrogen-bond acceptors (Lipinski definition) is 6. The molecule has 1 N–H and O–H groups in total. The summed E-state index contributed by atoms with van der Waals surface area (Å²) in [6.45, 7) is 8.74. The van der Waals surface area contributed by atoms with Gasteiger partial charge in [0.25, 0.3) is 0 Å². The molecule has 210 valence electrons. The van der Waals surface area contributed by atoms with Crippen molar-refractivity contribution in [2.75, 3.05) is 24.2 Å². The van der Waals surface area contributed by atoms with Gasteiger partial charge in [0.1, 0.15) is 0 Å². The van der Waals surface area contributed by atoms with E-state index in [0.29, 0.717) is 35.6 Å². The lowest BCUT2D eigenvalue weighted by Crippen LogP contribution is -2.30. The van der Waals surface area contributed by atoms with E-state index >= 15 is 0 Å². The van der Waals surface area contributed by atoms with Crippen LogP contribution in [0.25, 0.3) is 17.1 Å². The summed E-state index contributed by atoms with van der Waals surface area (Å²) in [5.74, 6) is 0.940. The van der Waals surface area contributed by atoms with E-state index in [-0.39, 0.29) is 16.6 Å². The lowest BCUT2D eigenvalue weighted by atomic mass is 9.99. The first-order valence-electron chi connectivity index (χ1n) is 13.4. The Labute approximate surface area is 240 Å². The van der Waals surface area contributed by atoms with Gasteiger partial charge in [-0.2, -0.15) is 4.31 Å². The molecule has 10 heteroatoms. The SMILES string of the molecule is CC[C@@H](C)c1ccc(NC(=O)CSc2nnc(-c3cccc(S(=O)(=O)N(CC)CC)c3)n2-c2ccccc2)cc1. The number of amides is 1. The number of anilines is 1. The van der Waals surface area contributed by atoms with E-state index in [0.717, 1.165) is 17.8 Å². The predicted molar refractivity (Wildman–Crippen MR) is 161 cm³/mol. The van der Waals surface area contributed by atoms with E-state index in [9.17, 15) is 13.2 Å². The van der Waals surface area contributed by atoms with Gasteiger partial charge in [-0.3, -0.25) is 9.36 Å². The number of rotatable bonds is 12. The average Bonchev–Trinajstić information content (AvgIpc) is 3.41. The van der Waals surface area contributed by atoms with Crippen molar-refractivity contribution in [1.82, 2.24) is 19.1 Å². The second-order valence-electron chi connectivity index (χ2n) is 9.36. The Balaban J connectivity index is 1.59. The Kier molecular flexibility index (Phi) is 9.78. The first-order chi connectivity index (χ1) is 19.3. The molecule has 0 saturated carbocycles. The van der Waals surface area contributed by atoms with E-state index in [1.807, 2.05) is 79.1 Å². The number of thioether (sulfide) groups is 1. The summed E-state index contributed by atoms with van der Waals surface area (Å²) in [5.41, 5.74) is 3.41. The first kappa shape index (κ1) is 29.5. The fourth-order valence-electron chi connectivity index (χ4n) is 4.33. The smallest absolute Gasteiger partial charge is 0.243 e. The molecule has 0 saturated heterocycles. The van der Waals surface area contributed by atoms with Crippen molar-refractivity contribution in [3.63, 3.8) is 0 Å². The van der Waals surface area contributed by atoms with Gasteiger partial charge in [0, 0.05) is 30.0 Å². The minimum Gasteiger partial charge on any atom is -0.325 e. The van der Waals surface area contributed by atoms with Gasteiger partial charge in [-0.1, -0.05) is 81.9 Å². The molecule has 0 aliphatic heterocycles. The van der Waals surface area contributed by atoms with Crippen molar-refractivity contribution in [2.24, 2.45) is 0 Å². The van der Waals surface area contributed by atoms with Crippen LogP contribution in [-0.2, 0) is 14.8 Å². The van der Waals surface area contributed by atoms with Crippen LogP contribution in [0.1, 0.15) is 45.6 Å². The molecule has 0 aliphatic rings. The third-order valence-electron chi connectivity index (χ3n) is 6.79. The number of hydrogen-bond donors (Lipinski definition) is 1. The fraction of sp³-hybridized carbons (Fsp3) is 0.300. The van der Waals surface area contributed by atoms with Crippen LogP contribution >= 0.6 is 11.8 Å². The van der Waals surface area contributed by atoms with Gasteiger partial charge in [0.15, 0.2) is 11.0 Å². The van der Waals surface area contributed by atoms with Gasteiger partial charge < -0.3 is 5.32 Å². The standard InChI is InChI=1S/C30H35N5O3S2/c1-5-22(4)23-16-18-25(19-17-23)31-28(36)21-39-30-33-32-29(35(30)26-13-9-8-10-14-26)24-12-11-15-27(20-24)40(37,38)34(6-2)7-3/h8-20,22H,5-7,21H2,1-4H3,(H,31,36)/t22-/m1/s1. The van der Waals surface area contributed by atoms with E-state index in [1.165, 1.54) is 21.6 Å². The van der Waals surface area contributed by atoms with Gasteiger partial charge in [-0.05, 0) is 54.3 Å². The Morgan fingerprint density at radius 1 is 0.950 bits per heavy atom. The van der Waals surface area contributed by atoms with Gasteiger partial charge >= 0.3 is 0 Å². The summed E-state index contributed by atoms with van der Waals surface area (Å²) in [5, 5.41) is 12.3. The molecule has 3 aromatic carbocycles. The van der Waals surface area contributed by atoms with Crippen LogP contribution in [0.15, 0.2) is 88.9 Å². The molecule has 1 atom stereocenters. The molecule has 8 nitrogen and oxygen atoms in total. The number of benzene rings is 3. The number of carbonyl (C=O) groups excluding carboxylic acids is 1. The molecule has 4 rings (SSSR count). The van der Waals surface area contributed by atoms with Gasteiger partial charge in [0.05, 0.1) is 10.6 Å². The molecular weight excluding hydrogens is 542 g/mol.